The summed E-state index contributed by atoms with van der Waals surface area (Å²) < 4.78 is 5.27. The molecule has 2 aromatic rings. The quantitative estimate of drug-likeness (QED) is 0.913. The molecule has 4 nitrogen and oxygen atoms in total. The van der Waals surface area contributed by atoms with E-state index in [1.54, 1.807) is 12.0 Å². The van der Waals surface area contributed by atoms with Crippen molar-refractivity contribution in [1.29, 1.82) is 0 Å². The number of anilines is 2. The molecule has 2 aromatic carbocycles. The number of benzene rings is 2. The van der Waals surface area contributed by atoms with Crippen LogP contribution < -0.4 is 15.0 Å². The minimum absolute atomic E-state index is 0.101. The van der Waals surface area contributed by atoms with Crippen molar-refractivity contribution in [3.63, 3.8) is 0 Å². The zero-order valence-corrected chi connectivity index (χ0v) is 12.0. The highest BCUT2D eigenvalue weighted by molar-refractivity contribution is 6.02. The predicted molar refractivity (Wildman–Crippen MR) is 84.1 cm³/mol. The molecular formula is C17H18N2O2. The number of fused-ring (bicyclic) bond motifs is 1. The van der Waals surface area contributed by atoms with Gasteiger partial charge in [-0.3, -0.25) is 4.90 Å². The van der Waals surface area contributed by atoms with Gasteiger partial charge in [-0.25, -0.2) is 4.79 Å². The van der Waals surface area contributed by atoms with Crippen molar-refractivity contribution in [2.45, 2.75) is 12.8 Å². The lowest BCUT2D eigenvalue weighted by atomic mass is 10.0. The van der Waals surface area contributed by atoms with Crippen LogP contribution in [0.1, 0.15) is 12.0 Å². The molecule has 0 saturated carbocycles. The predicted octanol–water partition coefficient (Wildman–Crippen LogP) is 3.68. The molecule has 0 atom stereocenters. The maximum atomic E-state index is 12.5. The SMILES string of the molecule is COc1ccc2c(c1)N(C(=O)Nc1ccccc1)CCC2. The molecule has 1 aliphatic rings. The summed E-state index contributed by atoms with van der Waals surface area (Å²) in [6, 6.07) is 15.3. The fourth-order valence-corrected chi connectivity index (χ4v) is 2.60. The van der Waals surface area contributed by atoms with E-state index in [0.29, 0.717) is 0 Å². The number of ether oxygens (including phenoxy) is 1. The van der Waals surface area contributed by atoms with Crippen molar-refractivity contribution >= 4 is 17.4 Å². The van der Waals surface area contributed by atoms with Crippen LogP contribution in [0.15, 0.2) is 48.5 Å². The molecule has 0 spiro atoms. The number of hydrogen-bond donors (Lipinski definition) is 1. The lowest BCUT2D eigenvalue weighted by molar-refractivity contribution is 0.256. The van der Waals surface area contributed by atoms with Gasteiger partial charge in [-0.1, -0.05) is 24.3 Å². The van der Waals surface area contributed by atoms with Gasteiger partial charge in [-0.15, -0.1) is 0 Å². The number of nitrogens with one attached hydrogen (secondary N) is 1. The average Bonchev–Trinajstić information content (AvgIpc) is 2.54. The number of methoxy groups -OCH3 is 1. The molecule has 0 aromatic heterocycles. The van der Waals surface area contributed by atoms with Crippen LogP contribution in [0.2, 0.25) is 0 Å². The van der Waals surface area contributed by atoms with Crippen LogP contribution >= 0.6 is 0 Å². The molecule has 0 fully saturated rings. The largest absolute Gasteiger partial charge is 0.497 e. The molecular weight excluding hydrogens is 264 g/mol. The topological polar surface area (TPSA) is 41.6 Å². The molecule has 0 saturated heterocycles. The number of para-hydroxylation sites is 1. The molecule has 0 radical (unpaired) electrons. The molecule has 0 bridgehead atoms. The summed E-state index contributed by atoms with van der Waals surface area (Å²) in [6.45, 7) is 0.721. The second-order valence-electron chi connectivity index (χ2n) is 5.05. The van der Waals surface area contributed by atoms with Gasteiger partial charge in [0.05, 0.1) is 12.8 Å². The van der Waals surface area contributed by atoms with Crippen molar-refractivity contribution in [2.75, 3.05) is 23.9 Å². The first kappa shape index (κ1) is 13.5. The van der Waals surface area contributed by atoms with Crippen LogP contribution in [0, 0.1) is 0 Å². The van der Waals surface area contributed by atoms with Crippen molar-refractivity contribution in [1.82, 2.24) is 0 Å². The van der Waals surface area contributed by atoms with Gasteiger partial charge in [-0.2, -0.15) is 0 Å². The van der Waals surface area contributed by atoms with Crippen LogP contribution in [0.3, 0.4) is 0 Å². The van der Waals surface area contributed by atoms with E-state index in [0.717, 1.165) is 36.5 Å². The molecule has 0 unspecified atom stereocenters. The summed E-state index contributed by atoms with van der Waals surface area (Å²) in [4.78, 5) is 14.3. The molecule has 1 heterocycles. The van der Waals surface area contributed by atoms with E-state index in [2.05, 4.69) is 5.32 Å². The standard InChI is InChI=1S/C17H18N2O2/c1-21-15-10-9-13-6-5-11-19(16(13)12-15)17(20)18-14-7-3-2-4-8-14/h2-4,7-10,12H,5-6,11H2,1H3,(H,18,20). The maximum Gasteiger partial charge on any atom is 0.326 e. The molecule has 2 amide bonds. The Morgan fingerprint density at radius 1 is 1.19 bits per heavy atom. The summed E-state index contributed by atoms with van der Waals surface area (Å²) in [5.74, 6) is 0.771. The fraction of sp³-hybridized carbons (Fsp3) is 0.235. The average molecular weight is 282 g/mol. The van der Waals surface area contributed by atoms with E-state index in [1.165, 1.54) is 5.56 Å². The lowest BCUT2D eigenvalue weighted by Gasteiger charge is -2.29. The van der Waals surface area contributed by atoms with Crippen LogP contribution in [-0.2, 0) is 6.42 Å². The van der Waals surface area contributed by atoms with E-state index in [-0.39, 0.29) is 6.03 Å². The maximum absolute atomic E-state index is 12.5. The Labute approximate surface area is 124 Å². The van der Waals surface area contributed by atoms with Gasteiger partial charge in [0, 0.05) is 18.3 Å². The number of nitrogens with zero attached hydrogens (tertiary/aromatic N) is 1. The number of rotatable bonds is 2. The monoisotopic (exact) mass is 282 g/mol. The minimum Gasteiger partial charge on any atom is -0.497 e. The van der Waals surface area contributed by atoms with E-state index in [1.807, 2.05) is 48.5 Å². The zero-order chi connectivity index (χ0) is 14.7. The Morgan fingerprint density at radius 3 is 2.76 bits per heavy atom. The first-order valence-electron chi connectivity index (χ1n) is 7.08. The Balaban J connectivity index is 1.85. The highest BCUT2D eigenvalue weighted by atomic mass is 16.5. The molecule has 108 valence electrons. The molecule has 1 N–H and O–H groups in total. The number of urea groups is 1. The third-order valence-corrected chi connectivity index (χ3v) is 3.68. The second kappa shape index (κ2) is 5.87. The smallest absolute Gasteiger partial charge is 0.326 e. The Hall–Kier alpha value is -2.49. The molecule has 1 aliphatic heterocycles. The van der Waals surface area contributed by atoms with E-state index >= 15 is 0 Å². The first-order valence-corrected chi connectivity index (χ1v) is 7.08. The van der Waals surface area contributed by atoms with Crippen LogP contribution in [0.4, 0.5) is 16.2 Å². The summed E-state index contributed by atoms with van der Waals surface area (Å²) in [5.41, 5.74) is 2.93. The van der Waals surface area contributed by atoms with Crippen molar-refractivity contribution in [3.05, 3.63) is 54.1 Å². The zero-order valence-electron chi connectivity index (χ0n) is 12.0. The third-order valence-electron chi connectivity index (χ3n) is 3.68. The highest BCUT2D eigenvalue weighted by Crippen LogP contribution is 2.31. The van der Waals surface area contributed by atoms with Gasteiger partial charge < -0.3 is 10.1 Å². The van der Waals surface area contributed by atoms with Gasteiger partial charge >= 0.3 is 6.03 Å². The lowest BCUT2D eigenvalue weighted by Crippen LogP contribution is -2.38. The summed E-state index contributed by atoms with van der Waals surface area (Å²) >= 11 is 0. The van der Waals surface area contributed by atoms with Crippen molar-refractivity contribution < 1.29 is 9.53 Å². The highest BCUT2D eigenvalue weighted by Gasteiger charge is 2.23. The fourth-order valence-electron chi connectivity index (χ4n) is 2.60. The number of amides is 2. The van der Waals surface area contributed by atoms with E-state index < -0.39 is 0 Å². The number of hydrogen-bond acceptors (Lipinski definition) is 2. The third kappa shape index (κ3) is 2.84. The van der Waals surface area contributed by atoms with Crippen LogP contribution in [0.5, 0.6) is 5.75 Å². The molecule has 3 rings (SSSR count). The number of carbonyl (C=O) groups excluding carboxylic acids is 1. The van der Waals surface area contributed by atoms with Gasteiger partial charge in [0.15, 0.2) is 0 Å². The normalized spacial score (nSPS) is 13.5. The van der Waals surface area contributed by atoms with Gasteiger partial charge in [-0.05, 0) is 36.6 Å². The van der Waals surface area contributed by atoms with Gasteiger partial charge in [0.1, 0.15) is 5.75 Å². The second-order valence-corrected chi connectivity index (χ2v) is 5.05. The first-order chi connectivity index (χ1) is 10.3. The Morgan fingerprint density at radius 2 is 2.00 bits per heavy atom. The molecule has 0 aliphatic carbocycles. The number of carbonyl (C=O) groups is 1. The summed E-state index contributed by atoms with van der Waals surface area (Å²) in [7, 11) is 1.64. The number of aryl methyl sites for hydroxylation is 1. The van der Waals surface area contributed by atoms with E-state index in [9.17, 15) is 4.79 Å². The van der Waals surface area contributed by atoms with Crippen LogP contribution in [-0.4, -0.2) is 19.7 Å². The summed E-state index contributed by atoms with van der Waals surface area (Å²) in [6.07, 6.45) is 1.97. The van der Waals surface area contributed by atoms with Crippen molar-refractivity contribution in [2.24, 2.45) is 0 Å². The molecule has 4 heteroatoms. The van der Waals surface area contributed by atoms with E-state index in [4.69, 9.17) is 4.74 Å². The van der Waals surface area contributed by atoms with Crippen molar-refractivity contribution in [3.8, 4) is 5.75 Å². The Kier molecular flexibility index (Phi) is 3.77. The molecule has 21 heavy (non-hydrogen) atoms. The Bertz CT molecular complexity index is 640. The van der Waals surface area contributed by atoms with Gasteiger partial charge in [0.2, 0.25) is 0 Å². The van der Waals surface area contributed by atoms with Gasteiger partial charge in [0.25, 0.3) is 0 Å². The summed E-state index contributed by atoms with van der Waals surface area (Å²) in [5, 5.41) is 2.94. The van der Waals surface area contributed by atoms with Crippen LogP contribution in [0.25, 0.3) is 0 Å². The minimum atomic E-state index is -0.101.